The number of hydrogen-bond acceptors (Lipinski definition) is 2. The van der Waals surface area contributed by atoms with E-state index < -0.39 is 5.24 Å². The summed E-state index contributed by atoms with van der Waals surface area (Å²) in [6.07, 6.45) is 1.47. The molecule has 1 rings (SSSR count). The summed E-state index contributed by atoms with van der Waals surface area (Å²) in [5.41, 5.74) is 0. The number of carbonyl (C=O) groups is 1. The Hall–Kier alpha value is -1.20. The fraction of sp³-hybridized carbons (Fsp3) is 0. The highest BCUT2D eigenvalue weighted by molar-refractivity contribution is 6.68. The second-order valence-electron chi connectivity index (χ2n) is 1.50. The van der Waals surface area contributed by atoms with Crippen molar-refractivity contribution in [2.24, 2.45) is 0 Å². The van der Waals surface area contributed by atoms with Crippen LogP contribution in [0.2, 0.25) is 0 Å². The molecule has 50 valence electrons. The smallest absolute Gasteiger partial charge is 0.296 e. The van der Waals surface area contributed by atoms with Gasteiger partial charge in [-0.2, -0.15) is 0 Å². The number of rotatable bonds is 0. The lowest BCUT2D eigenvalue weighted by molar-refractivity contribution is -0.107. The van der Waals surface area contributed by atoms with E-state index >= 15 is 0 Å². The minimum atomic E-state index is -0.684. The Morgan fingerprint density at radius 2 is 2.50 bits per heavy atom. The molecule has 10 heavy (non-hydrogen) atoms. The first-order chi connectivity index (χ1) is 4.79. The number of halogens is 1. The lowest BCUT2D eigenvalue weighted by atomic mass is 10.4. The van der Waals surface area contributed by atoms with E-state index in [1.54, 1.807) is 12.1 Å². The van der Waals surface area contributed by atoms with Crippen molar-refractivity contribution in [3.8, 4) is 11.8 Å². The molecule has 1 aromatic heterocycles. The van der Waals surface area contributed by atoms with Gasteiger partial charge in [0.1, 0.15) is 0 Å². The monoisotopic (exact) mass is 154 g/mol. The molecular weight excluding hydrogens is 152 g/mol. The van der Waals surface area contributed by atoms with E-state index in [2.05, 4.69) is 11.8 Å². The zero-order valence-corrected chi connectivity index (χ0v) is 5.68. The van der Waals surface area contributed by atoms with Gasteiger partial charge in [-0.1, -0.05) is 0 Å². The largest absolute Gasteiger partial charge is 0.456 e. The Balaban J connectivity index is 2.75. The highest BCUT2D eigenvalue weighted by atomic mass is 35.5. The summed E-state index contributed by atoms with van der Waals surface area (Å²) in [6.45, 7) is 0. The van der Waals surface area contributed by atoms with Gasteiger partial charge in [-0.15, -0.1) is 0 Å². The van der Waals surface area contributed by atoms with Crippen molar-refractivity contribution in [1.29, 1.82) is 0 Å². The summed E-state index contributed by atoms with van der Waals surface area (Å²) in [6, 6.07) is 3.33. The number of hydrogen-bond donors (Lipinski definition) is 0. The number of furan rings is 1. The van der Waals surface area contributed by atoms with E-state index in [1.807, 2.05) is 0 Å². The van der Waals surface area contributed by atoms with Gasteiger partial charge < -0.3 is 4.42 Å². The van der Waals surface area contributed by atoms with E-state index in [0.717, 1.165) is 0 Å². The Morgan fingerprint density at radius 1 is 1.70 bits per heavy atom. The van der Waals surface area contributed by atoms with Crippen LogP contribution in [-0.2, 0) is 4.79 Å². The topological polar surface area (TPSA) is 30.2 Å². The molecule has 0 aliphatic heterocycles. The van der Waals surface area contributed by atoms with Crippen LogP contribution >= 0.6 is 11.6 Å². The Morgan fingerprint density at radius 3 is 3.00 bits per heavy atom. The van der Waals surface area contributed by atoms with Crippen LogP contribution < -0.4 is 0 Å². The molecule has 0 aliphatic carbocycles. The van der Waals surface area contributed by atoms with Gasteiger partial charge in [-0.3, -0.25) is 4.79 Å². The summed E-state index contributed by atoms with van der Waals surface area (Å²) < 4.78 is 4.80. The van der Waals surface area contributed by atoms with E-state index in [0.29, 0.717) is 5.76 Å². The Bertz CT molecular complexity index is 276. The first-order valence-electron chi connectivity index (χ1n) is 2.54. The predicted octanol–water partition coefficient (Wildman–Crippen LogP) is 1.40. The maximum atomic E-state index is 10.1. The van der Waals surface area contributed by atoms with Gasteiger partial charge in [0.2, 0.25) is 0 Å². The van der Waals surface area contributed by atoms with Crippen molar-refractivity contribution in [2.45, 2.75) is 0 Å². The van der Waals surface area contributed by atoms with Gasteiger partial charge in [0, 0.05) is 0 Å². The zero-order valence-electron chi connectivity index (χ0n) is 4.93. The molecule has 0 saturated heterocycles. The first-order valence-corrected chi connectivity index (χ1v) is 2.92. The highest BCUT2D eigenvalue weighted by Gasteiger charge is 1.87. The average molecular weight is 155 g/mol. The zero-order chi connectivity index (χ0) is 7.40. The molecule has 0 atom stereocenters. The van der Waals surface area contributed by atoms with Crippen LogP contribution in [0.3, 0.4) is 0 Å². The van der Waals surface area contributed by atoms with Crippen LogP contribution in [0.1, 0.15) is 5.76 Å². The molecule has 1 heterocycles. The van der Waals surface area contributed by atoms with Crippen molar-refractivity contribution in [3.05, 3.63) is 24.2 Å². The fourth-order valence-electron chi connectivity index (χ4n) is 0.460. The third-order valence-electron chi connectivity index (χ3n) is 0.805. The molecule has 0 aromatic carbocycles. The molecule has 3 heteroatoms. The van der Waals surface area contributed by atoms with Crippen LogP contribution in [0.4, 0.5) is 0 Å². The Labute approximate surface area is 62.8 Å². The summed E-state index contributed by atoms with van der Waals surface area (Å²) in [4.78, 5) is 10.1. The fourth-order valence-corrected chi connectivity index (χ4v) is 0.508. The molecule has 0 amide bonds. The third kappa shape index (κ3) is 1.96. The van der Waals surface area contributed by atoms with Crippen molar-refractivity contribution >= 4 is 16.8 Å². The van der Waals surface area contributed by atoms with Crippen LogP contribution in [0.5, 0.6) is 0 Å². The molecular formula is C7H3ClO2. The lowest BCUT2D eigenvalue weighted by Gasteiger charge is -1.73. The van der Waals surface area contributed by atoms with Crippen LogP contribution in [-0.4, -0.2) is 5.24 Å². The summed E-state index contributed by atoms with van der Waals surface area (Å²) in [5.74, 6) is 5.00. The van der Waals surface area contributed by atoms with Crippen LogP contribution in [0, 0.1) is 11.8 Å². The standard InChI is InChI=1S/C7H3ClO2/c8-7(9)4-3-6-2-1-5-10-6/h1-2,5H. The summed E-state index contributed by atoms with van der Waals surface area (Å²) >= 11 is 4.94. The second kappa shape index (κ2) is 3.09. The van der Waals surface area contributed by atoms with E-state index in [1.165, 1.54) is 6.26 Å². The maximum absolute atomic E-state index is 10.1. The SMILES string of the molecule is O=C(Cl)C#Cc1ccco1. The molecule has 0 fully saturated rings. The molecule has 0 spiro atoms. The minimum Gasteiger partial charge on any atom is -0.456 e. The van der Waals surface area contributed by atoms with Crippen molar-refractivity contribution < 1.29 is 9.21 Å². The molecule has 2 nitrogen and oxygen atoms in total. The average Bonchev–Trinajstić information content (AvgIpc) is 2.34. The van der Waals surface area contributed by atoms with Crippen molar-refractivity contribution in [2.75, 3.05) is 0 Å². The molecule has 1 aromatic rings. The van der Waals surface area contributed by atoms with E-state index in [9.17, 15) is 4.79 Å². The van der Waals surface area contributed by atoms with Gasteiger partial charge >= 0.3 is 0 Å². The van der Waals surface area contributed by atoms with E-state index in [4.69, 9.17) is 16.0 Å². The molecule has 0 aliphatic rings. The maximum Gasteiger partial charge on any atom is 0.296 e. The van der Waals surface area contributed by atoms with Crippen LogP contribution in [0.25, 0.3) is 0 Å². The Kier molecular flexibility index (Phi) is 2.14. The van der Waals surface area contributed by atoms with Gasteiger partial charge in [-0.25, -0.2) is 0 Å². The predicted molar refractivity (Wildman–Crippen MR) is 36.4 cm³/mol. The van der Waals surface area contributed by atoms with Gasteiger partial charge in [0.05, 0.1) is 6.26 Å². The second-order valence-corrected chi connectivity index (χ2v) is 1.84. The molecule has 0 radical (unpaired) electrons. The highest BCUT2D eigenvalue weighted by Crippen LogP contribution is 1.95. The van der Waals surface area contributed by atoms with Gasteiger partial charge in [0.25, 0.3) is 5.24 Å². The summed E-state index contributed by atoms with van der Waals surface area (Å²) in [7, 11) is 0. The minimum absolute atomic E-state index is 0.439. The molecule has 0 bridgehead atoms. The third-order valence-corrected chi connectivity index (χ3v) is 0.900. The van der Waals surface area contributed by atoms with Crippen LogP contribution in [0.15, 0.2) is 22.8 Å². The van der Waals surface area contributed by atoms with Gasteiger partial charge in [-0.05, 0) is 35.6 Å². The molecule has 0 unspecified atom stereocenters. The van der Waals surface area contributed by atoms with Crippen molar-refractivity contribution in [3.63, 3.8) is 0 Å². The molecule has 0 saturated carbocycles. The quantitative estimate of drug-likeness (QED) is 0.418. The first kappa shape index (κ1) is 6.91. The molecule has 0 N–H and O–H groups in total. The lowest BCUT2D eigenvalue weighted by Crippen LogP contribution is -1.75. The van der Waals surface area contributed by atoms with Crippen molar-refractivity contribution in [1.82, 2.24) is 0 Å². The normalized spacial score (nSPS) is 8.10. The van der Waals surface area contributed by atoms with E-state index in [-0.39, 0.29) is 0 Å². The summed E-state index contributed by atoms with van der Waals surface area (Å²) in [5, 5.41) is -0.684. The van der Waals surface area contributed by atoms with Gasteiger partial charge in [0.15, 0.2) is 5.76 Å². The number of carbonyl (C=O) groups excluding carboxylic acids is 1.